The first-order chi connectivity index (χ1) is 14.3. The fourth-order valence-corrected chi connectivity index (χ4v) is 3.15. The van der Waals surface area contributed by atoms with Crippen molar-refractivity contribution in [1.82, 2.24) is 0 Å². The smallest absolute Gasteiger partial charge is 0.338 e. The Labute approximate surface area is 178 Å². The summed E-state index contributed by atoms with van der Waals surface area (Å²) in [4.78, 5) is 24.9. The van der Waals surface area contributed by atoms with Gasteiger partial charge in [-0.3, -0.25) is 4.79 Å². The number of nitrogens with one attached hydrogen (secondary N) is 1. The molecule has 0 fully saturated rings. The Bertz CT molecular complexity index is 863. The molecule has 2 aromatic carbocycles. The second kappa shape index (κ2) is 10.7. The summed E-state index contributed by atoms with van der Waals surface area (Å²) in [6.45, 7) is 10.3. The molecule has 0 aromatic heterocycles. The van der Waals surface area contributed by atoms with Crippen molar-refractivity contribution in [3.8, 4) is 11.5 Å². The van der Waals surface area contributed by atoms with Crippen molar-refractivity contribution in [2.75, 3.05) is 25.6 Å². The number of methoxy groups -OCH3 is 1. The third-order valence-corrected chi connectivity index (χ3v) is 4.67. The molecular weight excluding hydrogens is 382 g/mol. The minimum absolute atomic E-state index is 0.248. The third-order valence-electron chi connectivity index (χ3n) is 4.67. The normalized spacial score (nSPS) is 10.8. The fourth-order valence-electron chi connectivity index (χ4n) is 3.15. The highest BCUT2D eigenvalue weighted by molar-refractivity contribution is 5.96. The van der Waals surface area contributed by atoms with E-state index in [0.29, 0.717) is 18.1 Å². The van der Waals surface area contributed by atoms with Crippen LogP contribution in [0.3, 0.4) is 0 Å². The molecule has 6 heteroatoms. The Morgan fingerprint density at radius 2 is 1.60 bits per heavy atom. The Hall–Kier alpha value is -3.02. The first-order valence-corrected chi connectivity index (χ1v) is 10.2. The quantitative estimate of drug-likeness (QED) is 0.577. The standard InChI is InChI=1S/C24H31NO5/c1-7-29-20-12-11-17(13-21(20)28-6)24(27)30-14-22(26)25-23-18(15(2)3)9-8-10-19(23)16(4)5/h8-13,15-16H,7,14H2,1-6H3,(H,25,26). The van der Waals surface area contributed by atoms with Crippen LogP contribution in [0.15, 0.2) is 36.4 Å². The minimum atomic E-state index is -0.604. The second-order valence-corrected chi connectivity index (χ2v) is 7.54. The van der Waals surface area contributed by atoms with Gasteiger partial charge in [0.15, 0.2) is 18.1 Å². The molecular formula is C24H31NO5. The summed E-state index contributed by atoms with van der Waals surface area (Å²) in [5.74, 6) is 0.490. The number of amides is 1. The Kier molecular flexibility index (Phi) is 8.27. The molecule has 6 nitrogen and oxygen atoms in total. The van der Waals surface area contributed by atoms with E-state index in [0.717, 1.165) is 16.8 Å². The lowest BCUT2D eigenvalue weighted by atomic mass is 9.92. The van der Waals surface area contributed by atoms with E-state index in [1.807, 2.05) is 25.1 Å². The van der Waals surface area contributed by atoms with Crippen LogP contribution in [0.25, 0.3) is 0 Å². The van der Waals surface area contributed by atoms with Crippen molar-refractivity contribution in [2.24, 2.45) is 0 Å². The summed E-state index contributed by atoms with van der Waals surface area (Å²) in [7, 11) is 1.50. The zero-order chi connectivity index (χ0) is 22.3. The molecule has 2 aromatic rings. The molecule has 2 rings (SSSR count). The van der Waals surface area contributed by atoms with Crippen molar-refractivity contribution in [3.63, 3.8) is 0 Å². The number of carbonyl (C=O) groups excluding carboxylic acids is 2. The van der Waals surface area contributed by atoms with Gasteiger partial charge in [0.05, 0.1) is 19.3 Å². The van der Waals surface area contributed by atoms with E-state index in [4.69, 9.17) is 14.2 Å². The third kappa shape index (κ3) is 5.75. The van der Waals surface area contributed by atoms with Crippen LogP contribution in [0.2, 0.25) is 0 Å². The Balaban J connectivity index is 2.09. The van der Waals surface area contributed by atoms with E-state index in [9.17, 15) is 9.59 Å². The first kappa shape index (κ1) is 23.3. The molecule has 0 aliphatic carbocycles. The fraction of sp³-hybridized carbons (Fsp3) is 0.417. The first-order valence-electron chi connectivity index (χ1n) is 10.2. The van der Waals surface area contributed by atoms with Gasteiger partial charge in [0.2, 0.25) is 0 Å². The van der Waals surface area contributed by atoms with Gasteiger partial charge in [0.25, 0.3) is 5.91 Å². The molecule has 0 heterocycles. The molecule has 0 atom stereocenters. The average Bonchev–Trinajstić information content (AvgIpc) is 2.72. The van der Waals surface area contributed by atoms with Crippen molar-refractivity contribution in [1.29, 1.82) is 0 Å². The lowest BCUT2D eigenvalue weighted by Crippen LogP contribution is -2.22. The lowest BCUT2D eigenvalue weighted by Gasteiger charge is -2.20. The number of anilines is 1. The summed E-state index contributed by atoms with van der Waals surface area (Å²) in [6, 6.07) is 10.8. The van der Waals surface area contributed by atoms with E-state index < -0.39 is 5.97 Å². The van der Waals surface area contributed by atoms with Crippen LogP contribution in [-0.4, -0.2) is 32.2 Å². The summed E-state index contributed by atoms with van der Waals surface area (Å²) in [5, 5.41) is 2.94. The van der Waals surface area contributed by atoms with Crippen molar-refractivity contribution in [2.45, 2.75) is 46.5 Å². The molecule has 30 heavy (non-hydrogen) atoms. The molecule has 0 radical (unpaired) electrons. The zero-order valence-corrected chi connectivity index (χ0v) is 18.6. The predicted molar refractivity (Wildman–Crippen MR) is 118 cm³/mol. The van der Waals surface area contributed by atoms with Gasteiger partial charge >= 0.3 is 5.97 Å². The number of hydrogen-bond acceptors (Lipinski definition) is 5. The average molecular weight is 414 g/mol. The number of esters is 1. The van der Waals surface area contributed by atoms with Crippen LogP contribution in [0, 0.1) is 0 Å². The highest BCUT2D eigenvalue weighted by Gasteiger charge is 2.18. The molecule has 0 saturated carbocycles. The molecule has 0 bridgehead atoms. The van der Waals surface area contributed by atoms with Gasteiger partial charge in [-0.05, 0) is 48.1 Å². The van der Waals surface area contributed by atoms with Crippen LogP contribution in [-0.2, 0) is 9.53 Å². The highest BCUT2D eigenvalue weighted by atomic mass is 16.5. The highest BCUT2D eigenvalue weighted by Crippen LogP contribution is 2.32. The number of carbonyl (C=O) groups is 2. The SMILES string of the molecule is CCOc1ccc(C(=O)OCC(=O)Nc2c(C(C)C)cccc2C(C)C)cc1OC. The van der Waals surface area contributed by atoms with Gasteiger partial charge in [0, 0.05) is 5.69 Å². The lowest BCUT2D eigenvalue weighted by molar-refractivity contribution is -0.119. The maximum absolute atomic E-state index is 12.5. The minimum Gasteiger partial charge on any atom is -0.493 e. The molecule has 0 aliphatic rings. The maximum atomic E-state index is 12.5. The van der Waals surface area contributed by atoms with E-state index in [1.165, 1.54) is 13.2 Å². The van der Waals surface area contributed by atoms with Crippen LogP contribution < -0.4 is 14.8 Å². The summed E-state index contributed by atoms with van der Waals surface area (Å²) < 4.78 is 15.9. The largest absolute Gasteiger partial charge is 0.493 e. The van der Waals surface area contributed by atoms with Crippen LogP contribution >= 0.6 is 0 Å². The van der Waals surface area contributed by atoms with Crippen molar-refractivity contribution < 1.29 is 23.8 Å². The van der Waals surface area contributed by atoms with Crippen LogP contribution in [0.5, 0.6) is 11.5 Å². The van der Waals surface area contributed by atoms with Gasteiger partial charge in [-0.25, -0.2) is 4.79 Å². The topological polar surface area (TPSA) is 73.9 Å². The van der Waals surface area contributed by atoms with Gasteiger partial charge in [-0.1, -0.05) is 45.9 Å². The van der Waals surface area contributed by atoms with Crippen LogP contribution in [0.1, 0.15) is 67.9 Å². The molecule has 0 aliphatic heterocycles. The molecule has 0 saturated heterocycles. The maximum Gasteiger partial charge on any atom is 0.338 e. The van der Waals surface area contributed by atoms with E-state index >= 15 is 0 Å². The van der Waals surface area contributed by atoms with Crippen LogP contribution in [0.4, 0.5) is 5.69 Å². The number of benzene rings is 2. The molecule has 1 amide bonds. The Morgan fingerprint density at radius 1 is 0.967 bits per heavy atom. The number of para-hydroxylation sites is 1. The van der Waals surface area contributed by atoms with E-state index in [2.05, 4.69) is 33.0 Å². The monoisotopic (exact) mass is 413 g/mol. The van der Waals surface area contributed by atoms with E-state index in [1.54, 1.807) is 12.1 Å². The van der Waals surface area contributed by atoms with Gasteiger partial charge in [0.1, 0.15) is 0 Å². The second-order valence-electron chi connectivity index (χ2n) is 7.54. The number of hydrogen-bond donors (Lipinski definition) is 1. The number of rotatable bonds is 9. The van der Waals surface area contributed by atoms with Gasteiger partial charge in [-0.15, -0.1) is 0 Å². The van der Waals surface area contributed by atoms with Crippen molar-refractivity contribution >= 4 is 17.6 Å². The predicted octanol–water partition coefficient (Wildman–Crippen LogP) is 5.14. The summed E-state index contributed by atoms with van der Waals surface area (Å²) >= 11 is 0. The van der Waals surface area contributed by atoms with Crippen molar-refractivity contribution in [3.05, 3.63) is 53.1 Å². The Morgan fingerprint density at radius 3 is 2.13 bits per heavy atom. The van der Waals surface area contributed by atoms with E-state index in [-0.39, 0.29) is 29.9 Å². The zero-order valence-electron chi connectivity index (χ0n) is 18.6. The molecule has 1 N–H and O–H groups in total. The molecule has 0 spiro atoms. The van der Waals surface area contributed by atoms with Gasteiger partial charge < -0.3 is 19.5 Å². The summed E-state index contributed by atoms with van der Waals surface area (Å²) in [6.07, 6.45) is 0. The van der Waals surface area contributed by atoms with Gasteiger partial charge in [-0.2, -0.15) is 0 Å². The number of ether oxygens (including phenoxy) is 3. The molecule has 162 valence electrons. The molecule has 0 unspecified atom stereocenters. The summed E-state index contributed by atoms with van der Waals surface area (Å²) in [5.41, 5.74) is 3.19.